The van der Waals surface area contributed by atoms with Crippen molar-refractivity contribution in [3.05, 3.63) is 71.4 Å². The number of amides is 3. The molecule has 25 heavy (non-hydrogen) atoms. The molecule has 1 N–H and O–H groups in total. The molecular weight excluding hydrogens is 316 g/mol. The van der Waals surface area contributed by atoms with E-state index in [0.29, 0.717) is 6.61 Å². The van der Waals surface area contributed by atoms with Crippen LogP contribution in [0.2, 0.25) is 0 Å². The predicted octanol–water partition coefficient (Wildman–Crippen LogP) is 3.57. The summed E-state index contributed by atoms with van der Waals surface area (Å²) in [5, 5.41) is 2.64. The van der Waals surface area contributed by atoms with Crippen molar-refractivity contribution in [1.29, 1.82) is 0 Å². The Morgan fingerprint density at radius 2 is 1.76 bits per heavy atom. The summed E-state index contributed by atoms with van der Waals surface area (Å²) in [6.45, 7) is 2.98. The van der Waals surface area contributed by atoms with E-state index in [-0.39, 0.29) is 18.1 Å². The number of hydrogen-bond acceptors (Lipinski definition) is 3. The molecule has 1 aliphatic rings. The molecule has 1 fully saturated rings. The van der Waals surface area contributed by atoms with Gasteiger partial charge in [-0.2, -0.15) is 0 Å². The van der Waals surface area contributed by atoms with Crippen molar-refractivity contribution in [3.63, 3.8) is 0 Å². The van der Waals surface area contributed by atoms with Crippen LogP contribution in [0.5, 0.6) is 5.75 Å². The van der Waals surface area contributed by atoms with Crippen LogP contribution in [0.15, 0.2) is 60.3 Å². The van der Waals surface area contributed by atoms with E-state index >= 15 is 0 Å². The number of urea groups is 1. The molecule has 0 atom stereocenters. The molecule has 2 aromatic carbocycles. The molecule has 0 spiro atoms. The van der Waals surface area contributed by atoms with E-state index in [4.69, 9.17) is 4.74 Å². The van der Waals surface area contributed by atoms with E-state index in [1.54, 1.807) is 6.08 Å². The van der Waals surface area contributed by atoms with Crippen LogP contribution in [0.4, 0.5) is 4.79 Å². The SMILES string of the molecule is CCCOc1ccc(/C=C2\NC(=O)N(Cc3ccccc3)C2=O)cc1. The number of carbonyl (C=O) groups excluding carboxylic acids is 2. The molecule has 2 aromatic rings. The van der Waals surface area contributed by atoms with Gasteiger partial charge in [0.2, 0.25) is 0 Å². The highest BCUT2D eigenvalue weighted by Crippen LogP contribution is 2.19. The van der Waals surface area contributed by atoms with Gasteiger partial charge in [0.1, 0.15) is 11.4 Å². The first kappa shape index (κ1) is 16.8. The van der Waals surface area contributed by atoms with Crippen LogP contribution >= 0.6 is 0 Å². The van der Waals surface area contributed by atoms with Crippen molar-refractivity contribution in [2.24, 2.45) is 0 Å². The minimum atomic E-state index is -0.400. The van der Waals surface area contributed by atoms with Gasteiger partial charge in [-0.3, -0.25) is 9.69 Å². The molecule has 0 bridgehead atoms. The highest BCUT2D eigenvalue weighted by atomic mass is 16.5. The Morgan fingerprint density at radius 1 is 1.04 bits per heavy atom. The number of carbonyl (C=O) groups is 2. The lowest BCUT2D eigenvalue weighted by molar-refractivity contribution is -0.123. The Morgan fingerprint density at radius 3 is 2.44 bits per heavy atom. The summed E-state index contributed by atoms with van der Waals surface area (Å²) in [6, 6.07) is 16.5. The van der Waals surface area contributed by atoms with Gasteiger partial charge in [-0.25, -0.2) is 4.79 Å². The second-order valence-corrected chi connectivity index (χ2v) is 5.78. The zero-order chi connectivity index (χ0) is 17.6. The van der Waals surface area contributed by atoms with Gasteiger partial charge < -0.3 is 10.1 Å². The number of rotatable bonds is 6. The maximum absolute atomic E-state index is 12.5. The quantitative estimate of drug-likeness (QED) is 0.648. The topological polar surface area (TPSA) is 58.6 Å². The van der Waals surface area contributed by atoms with Gasteiger partial charge in [-0.1, -0.05) is 49.4 Å². The van der Waals surface area contributed by atoms with Crippen LogP contribution in [-0.4, -0.2) is 23.4 Å². The molecular formula is C20H20N2O3. The Balaban J connectivity index is 1.71. The maximum atomic E-state index is 12.5. The fourth-order valence-corrected chi connectivity index (χ4v) is 2.53. The Labute approximate surface area is 146 Å². The smallest absolute Gasteiger partial charge is 0.329 e. The van der Waals surface area contributed by atoms with Gasteiger partial charge in [0.05, 0.1) is 13.2 Å². The molecule has 0 unspecified atom stereocenters. The summed E-state index contributed by atoms with van der Waals surface area (Å²) < 4.78 is 5.54. The summed E-state index contributed by atoms with van der Waals surface area (Å²) >= 11 is 0. The summed E-state index contributed by atoms with van der Waals surface area (Å²) in [4.78, 5) is 25.8. The standard InChI is InChI=1S/C20H20N2O3/c1-2-12-25-17-10-8-15(9-11-17)13-18-19(23)22(20(24)21-18)14-16-6-4-3-5-7-16/h3-11,13H,2,12,14H2,1H3,(H,21,24)/b18-13-. The fourth-order valence-electron chi connectivity index (χ4n) is 2.53. The highest BCUT2D eigenvalue weighted by molar-refractivity contribution is 6.13. The van der Waals surface area contributed by atoms with Crippen molar-refractivity contribution in [1.82, 2.24) is 10.2 Å². The lowest BCUT2D eigenvalue weighted by atomic mass is 10.1. The molecule has 128 valence electrons. The summed E-state index contributed by atoms with van der Waals surface area (Å²) in [7, 11) is 0. The Kier molecular flexibility index (Phi) is 5.14. The number of nitrogens with zero attached hydrogens (tertiary/aromatic N) is 1. The van der Waals surface area contributed by atoms with Crippen LogP contribution in [0, 0.1) is 0 Å². The predicted molar refractivity (Wildman–Crippen MR) is 95.7 cm³/mol. The van der Waals surface area contributed by atoms with Gasteiger partial charge in [0.25, 0.3) is 5.91 Å². The minimum Gasteiger partial charge on any atom is -0.494 e. The number of nitrogens with one attached hydrogen (secondary N) is 1. The minimum absolute atomic E-state index is 0.257. The molecule has 1 heterocycles. The van der Waals surface area contributed by atoms with Crippen molar-refractivity contribution in [3.8, 4) is 5.75 Å². The fraction of sp³-hybridized carbons (Fsp3) is 0.200. The number of hydrogen-bond donors (Lipinski definition) is 1. The number of ether oxygens (including phenoxy) is 1. The molecule has 5 heteroatoms. The molecule has 0 radical (unpaired) electrons. The van der Waals surface area contributed by atoms with Gasteiger partial charge in [0, 0.05) is 0 Å². The lowest BCUT2D eigenvalue weighted by Gasteiger charge is -2.11. The molecule has 1 saturated heterocycles. The van der Waals surface area contributed by atoms with Gasteiger partial charge in [-0.05, 0) is 35.8 Å². The van der Waals surface area contributed by atoms with Crippen molar-refractivity contribution in [2.75, 3.05) is 6.61 Å². The van der Waals surface area contributed by atoms with Gasteiger partial charge >= 0.3 is 6.03 Å². The first-order valence-electron chi connectivity index (χ1n) is 8.28. The second kappa shape index (κ2) is 7.66. The summed E-state index contributed by atoms with van der Waals surface area (Å²) in [5.74, 6) is 0.469. The molecule has 3 amide bonds. The van der Waals surface area contributed by atoms with Gasteiger partial charge in [0.15, 0.2) is 0 Å². The van der Waals surface area contributed by atoms with Gasteiger partial charge in [-0.15, -0.1) is 0 Å². The number of imide groups is 1. The van der Waals surface area contributed by atoms with E-state index in [1.807, 2.05) is 61.5 Å². The molecule has 0 aliphatic carbocycles. The van der Waals surface area contributed by atoms with Crippen LogP contribution in [0.1, 0.15) is 24.5 Å². The molecule has 3 rings (SSSR count). The van der Waals surface area contributed by atoms with Crippen molar-refractivity contribution < 1.29 is 14.3 Å². The van der Waals surface area contributed by atoms with E-state index in [2.05, 4.69) is 5.32 Å². The zero-order valence-electron chi connectivity index (χ0n) is 14.1. The molecule has 1 aliphatic heterocycles. The molecule has 5 nitrogen and oxygen atoms in total. The normalized spacial score (nSPS) is 15.6. The average Bonchev–Trinajstić information content (AvgIpc) is 2.89. The first-order chi connectivity index (χ1) is 12.2. The van der Waals surface area contributed by atoms with E-state index in [0.717, 1.165) is 23.3 Å². The zero-order valence-corrected chi connectivity index (χ0v) is 14.1. The summed E-state index contributed by atoms with van der Waals surface area (Å²) in [5.41, 5.74) is 2.02. The average molecular weight is 336 g/mol. The van der Waals surface area contributed by atoms with E-state index < -0.39 is 6.03 Å². The maximum Gasteiger partial charge on any atom is 0.329 e. The third-order valence-electron chi connectivity index (χ3n) is 3.81. The Bertz CT molecular complexity index is 782. The van der Waals surface area contributed by atoms with Crippen LogP contribution < -0.4 is 10.1 Å². The Hall–Kier alpha value is -3.08. The first-order valence-corrected chi connectivity index (χ1v) is 8.28. The van der Waals surface area contributed by atoms with Crippen molar-refractivity contribution >= 4 is 18.0 Å². The largest absolute Gasteiger partial charge is 0.494 e. The second-order valence-electron chi connectivity index (χ2n) is 5.78. The van der Waals surface area contributed by atoms with E-state index in [9.17, 15) is 9.59 Å². The third-order valence-corrected chi connectivity index (χ3v) is 3.81. The van der Waals surface area contributed by atoms with Crippen LogP contribution in [0.3, 0.4) is 0 Å². The van der Waals surface area contributed by atoms with Crippen molar-refractivity contribution in [2.45, 2.75) is 19.9 Å². The number of benzene rings is 2. The molecule has 0 aromatic heterocycles. The molecule has 0 saturated carbocycles. The summed E-state index contributed by atoms with van der Waals surface area (Å²) in [6.07, 6.45) is 2.62. The third kappa shape index (κ3) is 4.07. The van der Waals surface area contributed by atoms with Crippen LogP contribution in [0.25, 0.3) is 6.08 Å². The monoisotopic (exact) mass is 336 g/mol. The lowest BCUT2D eigenvalue weighted by Crippen LogP contribution is -2.30. The highest BCUT2D eigenvalue weighted by Gasteiger charge is 2.33. The van der Waals surface area contributed by atoms with E-state index in [1.165, 1.54) is 4.90 Å². The van der Waals surface area contributed by atoms with Crippen LogP contribution in [-0.2, 0) is 11.3 Å².